The van der Waals surface area contributed by atoms with Crippen molar-refractivity contribution in [2.24, 2.45) is 5.41 Å². The number of benzene rings is 2. The van der Waals surface area contributed by atoms with E-state index in [9.17, 15) is 5.11 Å². The van der Waals surface area contributed by atoms with Gasteiger partial charge in [-0.25, -0.2) is 9.97 Å². The van der Waals surface area contributed by atoms with Crippen molar-refractivity contribution in [3.05, 3.63) is 77.6 Å². The van der Waals surface area contributed by atoms with E-state index in [0.717, 1.165) is 36.4 Å². The summed E-state index contributed by atoms with van der Waals surface area (Å²) in [6.07, 6.45) is 4.91. The Morgan fingerprint density at radius 1 is 1.03 bits per heavy atom. The van der Waals surface area contributed by atoms with Gasteiger partial charge in [-0.1, -0.05) is 37.3 Å². The first-order valence-corrected chi connectivity index (χ1v) is 11.6. The molecule has 0 radical (unpaired) electrons. The summed E-state index contributed by atoms with van der Waals surface area (Å²) in [4.78, 5) is 11.0. The van der Waals surface area contributed by atoms with Crippen molar-refractivity contribution in [1.82, 2.24) is 9.97 Å². The maximum Gasteiger partial charge on any atom is 0.225 e. The van der Waals surface area contributed by atoms with Gasteiger partial charge < -0.3 is 19.5 Å². The van der Waals surface area contributed by atoms with Crippen molar-refractivity contribution >= 4 is 5.95 Å². The molecular weight excluding hydrogens is 414 g/mol. The standard InChI is InChI=1S/C27H31N3O3/c1-18(31)27(2)17-30(26-28-11-6-12-29-26)16-23(27)21-9-10-24(32-3)25(15-21)33-22-13-19-7-4-5-8-20(19)14-22/h4-12,15,18,22-23,31H,13-14,16-17H2,1-3H3/t18-,23?,27+/m1/s1. The Bertz CT molecular complexity index is 1100. The molecule has 33 heavy (non-hydrogen) atoms. The van der Waals surface area contributed by atoms with Gasteiger partial charge in [0.15, 0.2) is 11.5 Å². The van der Waals surface area contributed by atoms with Gasteiger partial charge in [0.05, 0.1) is 13.2 Å². The molecule has 0 amide bonds. The molecule has 3 atom stereocenters. The molecule has 0 bridgehead atoms. The summed E-state index contributed by atoms with van der Waals surface area (Å²) >= 11 is 0. The van der Waals surface area contributed by atoms with E-state index in [0.29, 0.717) is 12.5 Å². The van der Waals surface area contributed by atoms with E-state index in [2.05, 4.69) is 58.2 Å². The second-order valence-electron chi connectivity index (χ2n) is 9.49. The minimum atomic E-state index is -0.494. The summed E-state index contributed by atoms with van der Waals surface area (Å²) in [6, 6.07) is 16.5. The Hall–Kier alpha value is -3.12. The first-order valence-electron chi connectivity index (χ1n) is 11.6. The van der Waals surface area contributed by atoms with Crippen molar-refractivity contribution in [2.75, 3.05) is 25.1 Å². The molecule has 3 aromatic rings. The van der Waals surface area contributed by atoms with Crippen molar-refractivity contribution in [3.63, 3.8) is 0 Å². The third-order valence-corrected chi connectivity index (χ3v) is 7.42. The number of methoxy groups -OCH3 is 1. The van der Waals surface area contributed by atoms with Gasteiger partial charge in [0.2, 0.25) is 5.95 Å². The smallest absolute Gasteiger partial charge is 0.225 e. The largest absolute Gasteiger partial charge is 0.493 e. The van der Waals surface area contributed by atoms with Gasteiger partial charge in [-0.2, -0.15) is 0 Å². The number of aliphatic hydroxyl groups is 1. The molecule has 0 spiro atoms. The lowest BCUT2D eigenvalue weighted by atomic mass is 9.72. The number of hydrogen-bond acceptors (Lipinski definition) is 6. The van der Waals surface area contributed by atoms with E-state index in [4.69, 9.17) is 9.47 Å². The van der Waals surface area contributed by atoms with Crippen LogP contribution in [0, 0.1) is 5.41 Å². The van der Waals surface area contributed by atoms with Gasteiger partial charge in [0.25, 0.3) is 0 Å². The maximum atomic E-state index is 10.8. The van der Waals surface area contributed by atoms with Crippen molar-refractivity contribution < 1.29 is 14.6 Å². The third-order valence-electron chi connectivity index (χ3n) is 7.42. The van der Waals surface area contributed by atoms with Crippen LogP contribution >= 0.6 is 0 Å². The molecule has 1 N–H and O–H groups in total. The normalized spacial score (nSPS) is 23.4. The number of ether oxygens (including phenoxy) is 2. The van der Waals surface area contributed by atoms with Crippen LogP contribution in [0.5, 0.6) is 11.5 Å². The molecule has 1 aliphatic heterocycles. The van der Waals surface area contributed by atoms with E-state index in [1.165, 1.54) is 11.1 Å². The summed E-state index contributed by atoms with van der Waals surface area (Å²) in [5, 5.41) is 10.8. The zero-order valence-electron chi connectivity index (χ0n) is 19.4. The number of fused-ring (bicyclic) bond motifs is 1. The number of rotatable bonds is 6. The number of anilines is 1. The Labute approximate surface area is 195 Å². The van der Waals surface area contributed by atoms with Gasteiger partial charge in [-0.3, -0.25) is 0 Å². The average Bonchev–Trinajstić information content (AvgIpc) is 3.41. The van der Waals surface area contributed by atoms with Gasteiger partial charge in [0.1, 0.15) is 6.10 Å². The lowest BCUT2D eigenvalue weighted by Crippen LogP contribution is -2.37. The molecule has 2 heterocycles. The fourth-order valence-electron chi connectivity index (χ4n) is 5.31. The predicted molar refractivity (Wildman–Crippen MR) is 128 cm³/mol. The summed E-state index contributed by atoms with van der Waals surface area (Å²) in [5.41, 5.74) is 3.49. The molecule has 2 aliphatic rings. The molecule has 172 valence electrons. The van der Waals surface area contributed by atoms with Crippen molar-refractivity contribution in [2.45, 2.75) is 44.8 Å². The molecule has 1 aromatic heterocycles. The van der Waals surface area contributed by atoms with Crippen molar-refractivity contribution in [1.29, 1.82) is 0 Å². The summed E-state index contributed by atoms with van der Waals surface area (Å²) in [5.74, 6) is 2.28. The van der Waals surface area contributed by atoms with E-state index >= 15 is 0 Å². The van der Waals surface area contributed by atoms with Crippen molar-refractivity contribution in [3.8, 4) is 11.5 Å². The van der Waals surface area contributed by atoms with Crippen LogP contribution in [0.4, 0.5) is 5.95 Å². The van der Waals surface area contributed by atoms with Gasteiger partial charge >= 0.3 is 0 Å². The van der Waals surface area contributed by atoms with Crippen LogP contribution in [0.2, 0.25) is 0 Å². The van der Waals surface area contributed by atoms with Gasteiger partial charge in [-0.05, 0) is 41.8 Å². The zero-order valence-corrected chi connectivity index (χ0v) is 19.4. The Morgan fingerprint density at radius 3 is 2.36 bits per heavy atom. The highest BCUT2D eigenvalue weighted by molar-refractivity contribution is 5.47. The summed E-state index contributed by atoms with van der Waals surface area (Å²) < 4.78 is 12.1. The Kier molecular flexibility index (Phi) is 5.71. The van der Waals surface area contributed by atoms with Crippen LogP contribution in [0.25, 0.3) is 0 Å². The fourth-order valence-corrected chi connectivity index (χ4v) is 5.31. The van der Waals surface area contributed by atoms with Crippen LogP contribution in [0.3, 0.4) is 0 Å². The van der Waals surface area contributed by atoms with E-state index < -0.39 is 6.10 Å². The second kappa shape index (κ2) is 8.67. The van der Waals surface area contributed by atoms with E-state index in [1.54, 1.807) is 19.5 Å². The second-order valence-corrected chi connectivity index (χ2v) is 9.49. The monoisotopic (exact) mass is 445 g/mol. The lowest BCUT2D eigenvalue weighted by Gasteiger charge is -2.34. The van der Waals surface area contributed by atoms with Crippen LogP contribution in [0.1, 0.15) is 36.5 Å². The SMILES string of the molecule is COc1ccc(C2CN(c3ncccn3)C[C@@]2(C)[C@@H](C)O)cc1OC1Cc2ccccc2C1. The van der Waals surface area contributed by atoms with Crippen LogP contribution < -0.4 is 14.4 Å². The van der Waals surface area contributed by atoms with Crippen LogP contribution in [-0.4, -0.2) is 47.5 Å². The lowest BCUT2D eigenvalue weighted by molar-refractivity contribution is 0.0558. The van der Waals surface area contributed by atoms with Gasteiger partial charge in [-0.15, -0.1) is 0 Å². The summed E-state index contributed by atoms with van der Waals surface area (Å²) in [6.45, 7) is 5.42. The highest BCUT2D eigenvalue weighted by Gasteiger charge is 2.48. The molecule has 1 saturated heterocycles. The van der Waals surface area contributed by atoms with Crippen LogP contribution in [0.15, 0.2) is 60.9 Å². The molecular formula is C27H31N3O3. The fraction of sp³-hybridized carbons (Fsp3) is 0.407. The Balaban J connectivity index is 1.43. The molecule has 0 saturated carbocycles. The average molecular weight is 446 g/mol. The molecule has 1 unspecified atom stereocenters. The van der Waals surface area contributed by atoms with Crippen LogP contribution in [-0.2, 0) is 12.8 Å². The Morgan fingerprint density at radius 2 is 1.73 bits per heavy atom. The quantitative estimate of drug-likeness (QED) is 0.618. The first kappa shape index (κ1) is 21.7. The number of nitrogens with zero attached hydrogens (tertiary/aromatic N) is 3. The molecule has 5 rings (SSSR count). The number of aromatic nitrogens is 2. The highest BCUT2D eigenvalue weighted by Crippen LogP contribution is 2.47. The zero-order chi connectivity index (χ0) is 23.0. The minimum Gasteiger partial charge on any atom is -0.493 e. The molecule has 6 heteroatoms. The van der Waals surface area contributed by atoms with Gasteiger partial charge in [0, 0.05) is 49.7 Å². The third kappa shape index (κ3) is 4.04. The first-order chi connectivity index (χ1) is 16.0. The highest BCUT2D eigenvalue weighted by atomic mass is 16.5. The number of hydrogen-bond donors (Lipinski definition) is 1. The molecule has 1 fully saturated rings. The van der Waals surface area contributed by atoms with E-state index in [1.807, 2.05) is 19.1 Å². The van der Waals surface area contributed by atoms with E-state index in [-0.39, 0.29) is 17.4 Å². The number of aliphatic hydroxyl groups excluding tert-OH is 1. The topological polar surface area (TPSA) is 67.7 Å². The maximum absolute atomic E-state index is 10.8. The molecule has 1 aliphatic carbocycles. The predicted octanol–water partition coefficient (Wildman–Crippen LogP) is 4.02. The molecule has 6 nitrogen and oxygen atoms in total. The summed E-state index contributed by atoms with van der Waals surface area (Å²) in [7, 11) is 1.68. The molecule has 2 aromatic carbocycles. The minimum absolute atomic E-state index is 0.0903.